The Kier molecular flexibility index (Phi) is 3.40. The first-order valence-corrected chi connectivity index (χ1v) is 4.94. The molecular formula is C11H16ClNO. The van der Waals surface area contributed by atoms with Crippen molar-refractivity contribution in [3.8, 4) is 5.75 Å². The van der Waals surface area contributed by atoms with Gasteiger partial charge in [0.05, 0.1) is 12.1 Å². The Balaban J connectivity index is 3.22. The molecule has 0 unspecified atom stereocenters. The van der Waals surface area contributed by atoms with E-state index in [9.17, 15) is 0 Å². The first-order valence-electron chi connectivity index (χ1n) is 4.56. The normalized spacial score (nSPS) is 11.5. The maximum absolute atomic E-state index is 6.19. The molecule has 1 aromatic rings. The molecule has 1 rings (SSSR count). The molecule has 0 saturated carbocycles. The Morgan fingerprint density at radius 1 is 1.43 bits per heavy atom. The van der Waals surface area contributed by atoms with E-state index in [1.54, 1.807) is 7.11 Å². The van der Waals surface area contributed by atoms with Gasteiger partial charge < -0.3 is 10.5 Å². The Morgan fingerprint density at radius 2 is 2.07 bits per heavy atom. The molecule has 0 aliphatic carbocycles. The van der Waals surface area contributed by atoms with Crippen LogP contribution in [0.15, 0.2) is 18.2 Å². The summed E-state index contributed by atoms with van der Waals surface area (Å²) in [4.78, 5) is 0. The summed E-state index contributed by atoms with van der Waals surface area (Å²) in [5, 5.41) is 0.658. The summed E-state index contributed by atoms with van der Waals surface area (Å²) in [6.07, 6.45) is 0. The number of hydrogen-bond acceptors (Lipinski definition) is 2. The van der Waals surface area contributed by atoms with Crippen LogP contribution in [-0.2, 0) is 5.41 Å². The van der Waals surface area contributed by atoms with Gasteiger partial charge in [-0.3, -0.25) is 0 Å². The molecule has 0 aromatic heterocycles. The second-order valence-corrected chi connectivity index (χ2v) is 4.29. The zero-order valence-corrected chi connectivity index (χ0v) is 9.56. The van der Waals surface area contributed by atoms with Gasteiger partial charge in [-0.25, -0.2) is 0 Å². The van der Waals surface area contributed by atoms with Crippen molar-refractivity contribution in [2.24, 2.45) is 5.73 Å². The average molecular weight is 214 g/mol. The van der Waals surface area contributed by atoms with Gasteiger partial charge >= 0.3 is 0 Å². The maximum atomic E-state index is 6.19. The quantitative estimate of drug-likeness (QED) is 0.838. The molecule has 0 aliphatic heterocycles. The summed E-state index contributed by atoms with van der Waals surface area (Å²) >= 11 is 6.19. The van der Waals surface area contributed by atoms with Crippen molar-refractivity contribution in [2.45, 2.75) is 19.3 Å². The first kappa shape index (κ1) is 11.3. The van der Waals surface area contributed by atoms with Gasteiger partial charge in [0.1, 0.15) is 5.75 Å². The van der Waals surface area contributed by atoms with Gasteiger partial charge in [0.25, 0.3) is 0 Å². The third-order valence-corrected chi connectivity index (χ3v) is 2.81. The summed E-state index contributed by atoms with van der Waals surface area (Å²) in [6, 6.07) is 5.76. The summed E-state index contributed by atoms with van der Waals surface area (Å²) in [6.45, 7) is 4.68. The van der Waals surface area contributed by atoms with Crippen LogP contribution < -0.4 is 10.5 Å². The van der Waals surface area contributed by atoms with E-state index in [0.717, 1.165) is 5.56 Å². The van der Waals surface area contributed by atoms with Crippen LogP contribution in [0.25, 0.3) is 0 Å². The van der Waals surface area contributed by atoms with Crippen LogP contribution in [-0.4, -0.2) is 13.7 Å². The van der Waals surface area contributed by atoms with Gasteiger partial charge in [0.15, 0.2) is 0 Å². The molecule has 78 valence electrons. The summed E-state index contributed by atoms with van der Waals surface area (Å²) in [5.74, 6) is 0.700. The second kappa shape index (κ2) is 4.20. The van der Waals surface area contributed by atoms with Crippen molar-refractivity contribution in [3.05, 3.63) is 28.8 Å². The highest BCUT2D eigenvalue weighted by atomic mass is 35.5. The van der Waals surface area contributed by atoms with E-state index in [0.29, 0.717) is 17.3 Å². The number of ether oxygens (including phenoxy) is 1. The van der Waals surface area contributed by atoms with Crippen LogP contribution in [0.3, 0.4) is 0 Å². The Hall–Kier alpha value is -0.730. The van der Waals surface area contributed by atoms with E-state index in [4.69, 9.17) is 22.1 Å². The molecule has 14 heavy (non-hydrogen) atoms. The second-order valence-electron chi connectivity index (χ2n) is 3.91. The third kappa shape index (κ3) is 2.02. The molecule has 1 aromatic carbocycles. The molecule has 0 heterocycles. The molecule has 0 spiro atoms. The summed E-state index contributed by atoms with van der Waals surface area (Å²) in [5.41, 5.74) is 6.61. The van der Waals surface area contributed by atoms with E-state index in [-0.39, 0.29) is 5.41 Å². The van der Waals surface area contributed by atoms with Crippen molar-refractivity contribution < 1.29 is 4.74 Å². The van der Waals surface area contributed by atoms with Gasteiger partial charge in [0.2, 0.25) is 0 Å². The number of nitrogens with two attached hydrogens (primary N) is 1. The molecule has 0 fully saturated rings. The minimum Gasteiger partial charge on any atom is -0.495 e. The average Bonchev–Trinajstić information content (AvgIpc) is 2.18. The van der Waals surface area contributed by atoms with Crippen molar-refractivity contribution in [1.29, 1.82) is 0 Å². The molecular weight excluding hydrogens is 198 g/mol. The molecule has 2 nitrogen and oxygen atoms in total. The highest BCUT2D eigenvalue weighted by Crippen LogP contribution is 2.35. The van der Waals surface area contributed by atoms with E-state index in [1.807, 2.05) is 18.2 Å². The Bertz CT molecular complexity index is 323. The molecule has 0 radical (unpaired) electrons. The standard InChI is InChI=1S/C11H16ClNO/c1-11(2,7-13)8-5-4-6-9(14-3)10(8)12/h4-6H,7,13H2,1-3H3. The minimum absolute atomic E-state index is 0.119. The van der Waals surface area contributed by atoms with E-state index < -0.39 is 0 Å². The first-order chi connectivity index (χ1) is 6.53. The predicted octanol–water partition coefficient (Wildman–Crippen LogP) is 2.58. The molecule has 0 saturated heterocycles. The monoisotopic (exact) mass is 213 g/mol. The number of rotatable bonds is 3. The lowest BCUT2D eigenvalue weighted by atomic mass is 9.85. The van der Waals surface area contributed by atoms with Crippen molar-refractivity contribution in [2.75, 3.05) is 13.7 Å². The van der Waals surface area contributed by atoms with Crippen LogP contribution in [0.5, 0.6) is 5.75 Å². The van der Waals surface area contributed by atoms with Crippen LogP contribution in [0, 0.1) is 0 Å². The molecule has 3 heteroatoms. The largest absolute Gasteiger partial charge is 0.495 e. The highest BCUT2D eigenvalue weighted by Gasteiger charge is 2.22. The fraction of sp³-hybridized carbons (Fsp3) is 0.455. The van der Waals surface area contributed by atoms with Gasteiger partial charge in [-0.1, -0.05) is 37.6 Å². The summed E-state index contributed by atoms with van der Waals surface area (Å²) in [7, 11) is 1.61. The van der Waals surface area contributed by atoms with Crippen LogP contribution >= 0.6 is 11.6 Å². The number of benzene rings is 1. The van der Waals surface area contributed by atoms with Gasteiger partial charge in [0, 0.05) is 12.0 Å². The SMILES string of the molecule is COc1cccc(C(C)(C)CN)c1Cl. The molecule has 0 atom stereocenters. The van der Waals surface area contributed by atoms with Gasteiger partial charge in [-0.15, -0.1) is 0 Å². The van der Waals surface area contributed by atoms with Crippen molar-refractivity contribution >= 4 is 11.6 Å². The van der Waals surface area contributed by atoms with Crippen molar-refractivity contribution in [3.63, 3.8) is 0 Å². The van der Waals surface area contributed by atoms with E-state index in [1.165, 1.54) is 0 Å². The Labute approximate surface area is 90.0 Å². The number of methoxy groups -OCH3 is 1. The molecule has 2 N–H and O–H groups in total. The van der Waals surface area contributed by atoms with Crippen LogP contribution in [0.4, 0.5) is 0 Å². The molecule has 0 amide bonds. The zero-order chi connectivity index (χ0) is 10.8. The van der Waals surface area contributed by atoms with Crippen LogP contribution in [0.2, 0.25) is 5.02 Å². The number of hydrogen-bond donors (Lipinski definition) is 1. The predicted molar refractivity (Wildman–Crippen MR) is 60.1 cm³/mol. The molecule has 0 aliphatic rings. The topological polar surface area (TPSA) is 35.2 Å². The minimum atomic E-state index is -0.119. The fourth-order valence-electron chi connectivity index (χ4n) is 1.30. The zero-order valence-electron chi connectivity index (χ0n) is 8.80. The lowest BCUT2D eigenvalue weighted by Crippen LogP contribution is -2.28. The summed E-state index contributed by atoms with van der Waals surface area (Å²) < 4.78 is 5.15. The van der Waals surface area contributed by atoms with Gasteiger partial charge in [-0.05, 0) is 11.6 Å². The van der Waals surface area contributed by atoms with E-state index >= 15 is 0 Å². The fourth-order valence-corrected chi connectivity index (χ4v) is 1.76. The van der Waals surface area contributed by atoms with E-state index in [2.05, 4.69) is 13.8 Å². The third-order valence-electron chi connectivity index (χ3n) is 2.42. The number of halogens is 1. The molecule has 0 bridgehead atoms. The smallest absolute Gasteiger partial charge is 0.137 e. The lowest BCUT2D eigenvalue weighted by Gasteiger charge is -2.24. The lowest BCUT2D eigenvalue weighted by molar-refractivity contribution is 0.412. The highest BCUT2D eigenvalue weighted by molar-refractivity contribution is 6.33. The maximum Gasteiger partial charge on any atom is 0.137 e. The van der Waals surface area contributed by atoms with Crippen molar-refractivity contribution in [1.82, 2.24) is 0 Å². The van der Waals surface area contributed by atoms with Crippen LogP contribution in [0.1, 0.15) is 19.4 Å². The Morgan fingerprint density at radius 3 is 2.57 bits per heavy atom. The van der Waals surface area contributed by atoms with Gasteiger partial charge in [-0.2, -0.15) is 0 Å².